The number of ether oxygens (including phenoxy) is 2. The van der Waals surface area contributed by atoms with Crippen molar-refractivity contribution in [2.24, 2.45) is 11.7 Å². The second-order valence-electron chi connectivity index (χ2n) is 5.39. The monoisotopic (exact) mass is 368 g/mol. The van der Waals surface area contributed by atoms with Crippen molar-refractivity contribution < 1.29 is 27.4 Å². The van der Waals surface area contributed by atoms with Crippen molar-refractivity contribution in [3.8, 4) is 11.5 Å². The maximum Gasteiger partial charge on any atom is 0.422 e. The summed E-state index contributed by atoms with van der Waals surface area (Å²) in [6.07, 6.45) is -2.36. The van der Waals surface area contributed by atoms with Crippen LogP contribution in [0.15, 0.2) is 24.3 Å². The lowest BCUT2D eigenvalue weighted by atomic mass is 10.2. The molecular weight excluding hydrogens is 349 g/mol. The Kier molecular flexibility index (Phi) is 7.62. The van der Waals surface area contributed by atoms with Gasteiger partial charge in [0.2, 0.25) is 0 Å². The highest BCUT2D eigenvalue weighted by molar-refractivity contribution is 5.85. The number of nitrogens with one attached hydrogen (secondary N) is 1. The van der Waals surface area contributed by atoms with Gasteiger partial charge < -0.3 is 20.5 Å². The maximum absolute atomic E-state index is 12.2. The highest BCUT2D eigenvalue weighted by Crippen LogP contribution is 2.32. The summed E-state index contributed by atoms with van der Waals surface area (Å²) < 4.78 is 46.6. The van der Waals surface area contributed by atoms with Gasteiger partial charge >= 0.3 is 6.18 Å². The Labute approximate surface area is 144 Å². The Morgan fingerprint density at radius 2 is 1.83 bits per heavy atom. The molecule has 1 aliphatic carbocycles. The largest absolute Gasteiger partial charge is 0.480 e. The van der Waals surface area contributed by atoms with Crippen LogP contribution in [0.5, 0.6) is 11.5 Å². The first-order valence-corrected chi connectivity index (χ1v) is 7.30. The molecule has 1 fully saturated rings. The number of carbonyl (C=O) groups is 1. The summed E-state index contributed by atoms with van der Waals surface area (Å²) in [4.78, 5) is 11.8. The minimum absolute atomic E-state index is 0. The average molecular weight is 369 g/mol. The zero-order chi connectivity index (χ0) is 16.9. The van der Waals surface area contributed by atoms with Gasteiger partial charge in [-0.3, -0.25) is 4.79 Å². The van der Waals surface area contributed by atoms with Gasteiger partial charge in [-0.05, 0) is 30.9 Å². The van der Waals surface area contributed by atoms with Crippen LogP contribution in [0.25, 0.3) is 0 Å². The van der Waals surface area contributed by atoms with E-state index in [-0.39, 0.29) is 42.5 Å². The van der Waals surface area contributed by atoms with Crippen LogP contribution >= 0.6 is 12.4 Å². The van der Waals surface area contributed by atoms with Crippen molar-refractivity contribution in [3.63, 3.8) is 0 Å². The van der Waals surface area contributed by atoms with Gasteiger partial charge in [0, 0.05) is 12.6 Å². The molecule has 0 spiro atoms. The summed E-state index contributed by atoms with van der Waals surface area (Å²) in [6.45, 7) is -1.38. The second kappa shape index (κ2) is 8.98. The highest BCUT2D eigenvalue weighted by Gasteiger charge is 2.31. The molecular formula is C15H20ClF3N2O3. The van der Waals surface area contributed by atoms with Crippen molar-refractivity contribution in [1.29, 1.82) is 0 Å². The smallest absolute Gasteiger partial charge is 0.422 e. The van der Waals surface area contributed by atoms with Gasteiger partial charge in [0.05, 0.1) is 0 Å². The maximum atomic E-state index is 12.2. The van der Waals surface area contributed by atoms with Crippen molar-refractivity contribution in [2.45, 2.75) is 25.1 Å². The van der Waals surface area contributed by atoms with E-state index >= 15 is 0 Å². The van der Waals surface area contributed by atoms with E-state index in [2.05, 4.69) is 10.1 Å². The van der Waals surface area contributed by atoms with Crippen LogP contribution in [-0.2, 0) is 4.79 Å². The van der Waals surface area contributed by atoms with Crippen LogP contribution in [0, 0.1) is 5.92 Å². The summed E-state index contributed by atoms with van der Waals surface area (Å²) in [5.41, 5.74) is 5.59. The fraction of sp³-hybridized carbons (Fsp3) is 0.533. The standard InChI is InChI=1S/C15H19F3N2O3.ClH/c16-15(17,18)9-23-13-4-2-1-3-12(13)22-8-14(21)20-11(7-19)10-5-6-10;/h1-4,10-11H,5-9,19H2,(H,20,21);1H. The lowest BCUT2D eigenvalue weighted by Gasteiger charge is -2.17. The zero-order valence-electron chi connectivity index (χ0n) is 12.8. The first-order valence-electron chi connectivity index (χ1n) is 7.30. The van der Waals surface area contributed by atoms with Crippen LogP contribution in [0.4, 0.5) is 13.2 Å². The van der Waals surface area contributed by atoms with Gasteiger partial charge in [0.25, 0.3) is 5.91 Å². The molecule has 1 aliphatic rings. The van der Waals surface area contributed by atoms with Gasteiger partial charge in [0.1, 0.15) is 0 Å². The lowest BCUT2D eigenvalue weighted by Crippen LogP contribution is -2.43. The fourth-order valence-corrected chi connectivity index (χ4v) is 2.11. The quantitative estimate of drug-likeness (QED) is 0.738. The molecule has 3 N–H and O–H groups in total. The topological polar surface area (TPSA) is 73.6 Å². The molecule has 136 valence electrons. The summed E-state index contributed by atoms with van der Waals surface area (Å²) in [5.74, 6) is 0.0714. The van der Waals surface area contributed by atoms with Gasteiger partial charge in [-0.25, -0.2) is 0 Å². The molecule has 1 aromatic rings. The third-order valence-electron chi connectivity index (χ3n) is 3.39. The van der Waals surface area contributed by atoms with Crippen LogP contribution in [0.1, 0.15) is 12.8 Å². The molecule has 5 nitrogen and oxygen atoms in total. The lowest BCUT2D eigenvalue weighted by molar-refractivity contribution is -0.153. The van der Waals surface area contributed by atoms with Crippen LogP contribution < -0.4 is 20.5 Å². The van der Waals surface area contributed by atoms with Gasteiger partial charge in [-0.1, -0.05) is 12.1 Å². The Balaban J connectivity index is 0.00000288. The van der Waals surface area contributed by atoms with Crippen molar-refractivity contribution in [1.82, 2.24) is 5.32 Å². The number of carbonyl (C=O) groups excluding carboxylic acids is 1. The molecule has 1 atom stereocenters. The Morgan fingerprint density at radius 3 is 2.33 bits per heavy atom. The Morgan fingerprint density at radius 1 is 1.25 bits per heavy atom. The Bertz CT molecular complexity index is 539. The number of halogens is 4. The molecule has 1 aromatic carbocycles. The number of para-hydroxylation sites is 2. The van der Waals surface area contributed by atoms with E-state index in [9.17, 15) is 18.0 Å². The minimum Gasteiger partial charge on any atom is -0.480 e. The van der Waals surface area contributed by atoms with Crippen LogP contribution in [0.3, 0.4) is 0 Å². The third kappa shape index (κ3) is 6.84. The number of hydrogen-bond donors (Lipinski definition) is 2. The van der Waals surface area contributed by atoms with E-state index in [1.165, 1.54) is 18.2 Å². The van der Waals surface area contributed by atoms with E-state index < -0.39 is 12.8 Å². The van der Waals surface area contributed by atoms with E-state index in [4.69, 9.17) is 10.5 Å². The molecule has 0 radical (unpaired) electrons. The highest BCUT2D eigenvalue weighted by atomic mass is 35.5. The number of amides is 1. The molecule has 1 amide bonds. The van der Waals surface area contributed by atoms with E-state index in [0.717, 1.165) is 12.8 Å². The molecule has 0 bridgehead atoms. The molecule has 2 rings (SSSR count). The van der Waals surface area contributed by atoms with Crippen molar-refractivity contribution in [2.75, 3.05) is 19.8 Å². The number of nitrogens with two attached hydrogens (primary N) is 1. The predicted octanol–water partition coefficient (Wildman–Crippen LogP) is 2.28. The summed E-state index contributed by atoms with van der Waals surface area (Å²) in [5, 5.41) is 2.76. The molecule has 0 aromatic heterocycles. The number of rotatable bonds is 8. The van der Waals surface area contributed by atoms with Crippen LogP contribution in [-0.4, -0.2) is 37.9 Å². The van der Waals surface area contributed by atoms with Crippen LogP contribution in [0.2, 0.25) is 0 Å². The SMILES string of the molecule is Cl.NCC(NC(=O)COc1ccccc1OCC(F)(F)F)C1CC1. The minimum atomic E-state index is -4.44. The van der Waals surface area contributed by atoms with Gasteiger partial charge in [-0.2, -0.15) is 13.2 Å². The molecule has 24 heavy (non-hydrogen) atoms. The number of alkyl halides is 3. The molecule has 9 heteroatoms. The van der Waals surface area contributed by atoms with Gasteiger partial charge in [0.15, 0.2) is 24.7 Å². The second-order valence-corrected chi connectivity index (χ2v) is 5.39. The normalized spacial score (nSPS) is 15.2. The predicted molar refractivity (Wildman–Crippen MR) is 84.4 cm³/mol. The molecule has 0 saturated heterocycles. The van der Waals surface area contributed by atoms with E-state index in [1.807, 2.05) is 0 Å². The number of hydrogen-bond acceptors (Lipinski definition) is 4. The Hall–Kier alpha value is -1.67. The molecule has 0 heterocycles. The summed E-state index contributed by atoms with van der Waals surface area (Å²) >= 11 is 0. The van der Waals surface area contributed by atoms with Crippen molar-refractivity contribution in [3.05, 3.63) is 24.3 Å². The number of benzene rings is 1. The average Bonchev–Trinajstić information content (AvgIpc) is 3.33. The summed E-state index contributed by atoms with van der Waals surface area (Å²) in [7, 11) is 0. The van der Waals surface area contributed by atoms with Gasteiger partial charge in [-0.15, -0.1) is 12.4 Å². The first kappa shape index (κ1) is 20.4. The third-order valence-corrected chi connectivity index (χ3v) is 3.39. The molecule has 1 unspecified atom stereocenters. The fourth-order valence-electron chi connectivity index (χ4n) is 2.11. The zero-order valence-corrected chi connectivity index (χ0v) is 13.7. The van der Waals surface area contributed by atoms with E-state index in [1.54, 1.807) is 6.07 Å². The summed E-state index contributed by atoms with van der Waals surface area (Å²) in [6, 6.07) is 5.82. The van der Waals surface area contributed by atoms with E-state index in [0.29, 0.717) is 12.5 Å². The van der Waals surface area contributed by atoms with Crippen molar-refractivity contribution >= 4 is 18.3 Å². The first-order chi connectivity index (χ1) is 10.9. The molecule has 0 aliphatic heterocycles. The molecule has 1 saturated carbocycles.